The smallest absolute Gasteiger partial charge is 0.0585 e. The number of rotatable bonds is 2. The Labute approximate surface area is 178 Å². The molecule has 0 radical (unpaired) electrons. The molecule has 0 spiro atoms. The van der Waals surface area contributed by atoms with E-state index in [2.05, 4.69) is 19.2 Å². The van der Waals surface area contributed by atoms with Crippen LogP contribution in [0.5, 0.6) is 0 Å². The topological polar surface area (TPSA) is 12.0 Å². The molecule has 5 rings (SSSR count). The molecule has 1 N–H and O–H groups in total. The zero-order chi connectivity index (χ0) is 19.8. The number of hydrogen-bond acceptors (Lipinski definition) is 1. The molecule has 0 aromatic heterocycles. The van der Waals surface area contributed by atoms with Gasteiger partial charge >= 0.3 is 0 Å². The van der Waals surface area contributed by atoms with Gasteiger partial charge in [-0.25, -0.2) is 0 Å². The molecule has 5 aliphatic rings. The van der Waals surface area contributed by atoms with E-state index in [1.807, 2.05) is 22.3 Å². The fourth-order valence-corrected chi connectivity index (χ4v) is 7.49. The van der Waals surface area contributed by atoms with Gasteiger partial charge in [-0.1, -0.05) is 28.7 Å². The van der Waals surface area contributed by atoms with Crippen molar-refractivity contribution in [1.29, 1.82) is 0 Å². The summed E-state index contributed by atoms with van der Waals surface area (Å²) in [7, 11) is 0. The van der Waals surface area contributed by atoms with E-state index in [9.17, 15) is 0 Å². The van der Waals surface area contributed by atoms with E-state index in [-0.39, 0.29) is 5.41 Å². The van der Waals surface area contributed by atoms with Crippen molar-refractivity contribution in [3.05, 3.63) is 44.8 Å². The van der Waals surface area contributed by atoms with Crippen molar-refractivity contribution in [3.63, 3.8) is 0 Å². The molecular weight excluding hydrogens is 350 g/mol. The highest BCUT2D eigenvalue weighted by Crippen LogP contribution is 2.62. The summed E-state index contributed by atoms with van der Waals surface area (Å²) >= 11 is 0. The number of nitrogens with one attached hydrogen (secondary N) is 1. The highest BCUT2D eigenvalue weighted by Gasteiger charge is 2.50. The molecule has 1 nitrogen and oxygen atoms in total. The number of allylic oxidation sites excluding steroid dienone is 8. The van der Waals surface area contributed by atoms with Crippen LogP contribution in [0, 0.1) is 5.41 Å². The third kappa shape index (κ3) is 3.19. The van der Waals surface area contributed by atoms with E-state index in [4.69, 9.17) is 0 Å². The first-order valence-electron chi connectivity index (χ1n) is 12.8. The van der Waals surface area contributed by atoms with Gasteiger partial charge in [-0.15, -0.1) is 0 Å². The average Bonchev–Trinajstić information content (AvgIpc) is 2.97. The van der Waals surface area contributed by atoms with Gasteiger partial charge in [0.25, 0.3) is 0 Å². The summed E-state index contributed by atoms with van der Waals surface area (Å²) in [6.45, 7) is 5.01. The van der Waals surface area contributed by atoms with Crippen LogP contribution in [-0.4, -0.2) is 0 Å². The molecule has 1 heterocycles. The Balaban J connectivity index is 1.83. The van der Waals surface area contributed by atoms with Crippen LogP contribution in [-0.2, 0) is 0 Å². The summed E-state index contributed by atoms with van der Waals surface area (Å²) in [5.41, 5.74) is 14.4. The van der Waals surface area contributed by atoms with Crippen LogP contribution in [0.3, 0.4) is 0 Å². The number of dihydropyridines is 1. The maximum absolute atomic E-state index is 4.05. The second-order valence-electron chi connectivity index (χ2n) is 10.5. The highest BCUT2D eigenvalue weighted by atomic mass is 14.9. The summed E-state index contributed by atoms with van der Waals surface area (Å²) in [4.78, 5) is 0. The summed E-state index contributed by atoms with van der Waals surface area (Å²) < 4.78 is 0. The van der Waals surface area contributed by atoms with Gasteiger partial charge in [-0.2, -0.15) is 0 Å². The van der Waals surface area contributed by atoms with Crippen LogP contribution >= 0.6 is 0 Å². The van der Waals surface area contributed by atoms with Gasteiger partial charge in [0.1, 0.15) is 0 Å². The molecule has 29 heavy (non-hydrogen) atoms. The zero-order valence-corrected chi connectivity index (χ0v) is 19.0. The van der Waals surface area contributed by atoms with Crippen molar-refractivity contribution in [1.82, 2.24) is 5.32 Å². The molecule has 1 aliphatic heterocycles. The van der Waals surface area contributed by atoms with Gasteiger partial charge < -0.3 is 5.32 Å². The summed E-state index contributed by atoms with van der Waals surface area (Å²) in [6, 6.07) is 0. The summed E-state index contributed by atoms with van der Waals surface area (Å²) in [6.07, 6.45) is 23.1. The minimum absolute atomic E-state index is 0.190. The number of hydrogen-bond donors (Lipinski definition) is 1. The lowest BCUT2D eigenvalue weighted by Gasteiger charge is -2.52. The Hall–Kier alpha value is -1.24. The van der Waals surface area contributed by atoms with Gasteiger partial charge in [0.2, 0.25) is 0 Å². The SMILES string of the molecule is CC1=C(C2(C3=C(C)CCCC3)C3=C(CCCC3)NC3=C2CCCC3)CCCCC1. The van der Waals surface area contributed by atoms with Crippen LogP contribution in [0.1, 0.15) is 123 Å². The standard InChI is InChI=1S/C28H41N/c1-20-12-4-3-5-14-22(20)28(23-15-7-6-13-21(23)2)24-16-8-10-18-26(24)29-27-19-11-9-17-25(27)28/h29H,3-19H2,1-2H3. The van der Waals surface area contributed by atoms with E-state index in [0.29, 0.717) is 0 Å². The predicted molar refractivity (Wildman–Crippen MR) is 124 cm³/mol. The Bertz CT molecular complexity index is 757. The molecule has 0 saturated carbocycles. The molecule has 0 amide bonds. The van der Waals surface area contributed by atoms with E-state index >= 15 is 0 Å². The van der Waals surface area contributed by atoms with Crippen molar-refractivity contribution in [3.8, 4) is 0 Å². The van der Waals surface area contributed by atoms with Crippen molar-refractivity contribution in [2.45, 2.75) is 123 Å². The molecule has 0 atom stereocenters. The van der Waals surface area contributed by atoms with Gasteiger partial charge in [0.15, 0.2) is 0 Å². The van der Waals surface area contributed by atoms with E-state index in [0.717, 1.165) is 0 Å². The normalized spacial score (nSPS) is 28.1. The Kier molecular flexibility index (Phi) is 5.52. The summed E-state index contributed by atoms with van der Waals surface area (Å²) in [5.74, 6) is 0. The highest BCUT2D eigenvalue weighted by molar-refractivity contribution is 5.59. The lowest BCUT2D eigenvalue weighted by atomic mass is 9.54. The maximum atomic E-state index is 4.05. The second kappa shape index (κ2) is 8.12. The molecule has 158 valence electrons. The first-order valence-corrected chi connectivity index (χ1v) is 12.8. The lowest BCUT2D eigenvalue weighted by molar-refractivity contribution is 0.406. The fraction of sp³-hybridized carbons (Fsp3) is 0.714. The van der Waals surface area contributed by atoms with E-state index in [1.54, 1.807) is 22.5 Å². The molecule has 1 heteroatoms. The van der Waals surface area contributed by atoms with Crippen molar-refractivity contribution in [2.75, 3.05) is 0 Å². The lowest BCUT2D eigenvalue weighted by Crippen LogP contribution is -2.43. The molecule has 0 aromatic rings. The minimum atomic E-state index is 0.190. The van der Waals surface area contributed by atoms with Crippen molar-refractivity contribution in [2.24, 2.45) is 5.41 Å². The molecule has 0 aromatic carbocycles. The van der Waals surface area contributed by atoms with Gasteiger partial charge in [0.05, 0.1) is 5.41 Å². The first kappa shape index (κ1) is 19.7. The van der Waals surface area contributed by atoms with Crippen LogP contribution in [0.25, 0.3) is 0 Å². The Morgan fingerprint density at radius 3 is 1.38 bits per heavy atom. The van der Waals surface area contributed by atoms with Crippen LogP contribution in [0.2, 0.25) is 0 Å². The van der Waals surface area contributed by atoms with Crippen LogP contribution in [0.4, 0.5) is 0 Å². The van der Waals surface area contributed by atoms with Crippen molar-refractivity contribution >= 4 is 0 Å². The average molecular weight is 392 g/mol. The quantitative estimate of drug-likeness (QED) is 0.466. The maximum Gasteiger partial charge on any atom is 0.0585 e. The molecule has 4 aliphatic carbocycles. The summed E-state index contributed by atoms with van der Waals surface area (Å²) in [5, 5.41) is 4.05. The Morgan fingerprint density at radius 1 is 0.448 bits per heavy atom. The third-order valence-corrected chi connectivity index (χ3v) is 8.79. The van der Waals surface area contributed by atoms with Crippen LogP contribution in [0.15, 0.2) is 44.8 Å². The third-order valence-electron chi connectivity index (χ3n) is 8.79. The van der Waals surface area contributed by atoms with Gasteiger partial charge in [-0.05, 0) is 128 Å². The Morgan fingerprint density at radius 2 is 0.828 bits per heavy atom. The largest absolute Gasteiger partial charge is 0.362 e. The molecular formula is C28H41N. The van der Waals surface area contributed by atoms with Crippen LogP contribution < -0.4 is 5.32 Å². The minimum Gasteiger partial charge on any atom is -0.362 e. The van der Waals surface area contributed by atoms with Gasteiger partial charge in [-0.3, -0.25) is 0 Å². The molecule has 0 unspecified atom stereocenters. The van der Waals surface area contributed by atoms with E-state index < -0.39 is 0 Å². The van der Waals surface area contributed by atoms with E-state index in [1.165, 1.54) is 109 Å². The first-order chi connectivity index (χ1) is 14.2. The zero-order valence-electron chi connectivity index (χ0n) is 19.0. The molecule has 0 saturated heterocycles. The van der Waals surface area contributed by atoms with Gasteiger partial charge in [0, 0.05) is 11.4 Å². The van der Waals surface area contributed by atoms with Crippen molar-refractivity contribution < 1.29 is 0 Å². The predicted octanol–water partition coefficient (Wildman–Crippen LogP) is 8.40. The molecule has 0 bridgehead atoms. The molecule has 0 fully saturated rings. The fourth-order valence-electron chi connectivity index (χ4n) is 7.49. The monoisotopic (exact) mass is 391 g/mol. The second-order valence-corrected chi connectivity index (χ2v) is 10.5.